The van der Waals surface area contributed by atoms with Crippen molar-refractivity contribution in [3.05, 3.63) is 41.7 Å². The smallest absolute Gasteiger partial charge is 0.251 e. The highest BCUT2D eigenvalue weighted by atomic mass is 16.6. The Balaban J connectivity index is 1.49. The van der Waals surface area contributed by atoms with Crippen LogP contribution in [0.3, 0.4) is 0 Å². The number of carbonyl (C=O) groups excluding carboxylic acids is 2. The van der Waals surface area contributed by atoms with Gasteiger partial charge in [0.25, 0.3) is 5.91 Å². The van der Waals surface area contributed by atoms with Gasteiger partial charge < -0.3 is 36.6 Å². The number of nitrogens with two attached hydrogens (primary N) is 1. The molecule has 13 nitrogen and oxygen atoms in total. The quantitative estimate of drug-likeness (QED) is 0.269. The number of anilines is 3. The van der Waals surface area contributed by atoms with Gasteiger partial charge >= 0.3 is 0 Å². The number of carbonyl (C=O) groups is 2. The molecule has 2 aliphatic rings. The van der Waals surface area contributed by atoms with Gasteiger partial charge in [-0.05, 0) is 17.7 Å². The molecule has 35 heavy (non-hydrogen) atoms. The normalized spacial score (nSPS) is 23.0. The minimum absolute atomic E-state index is 0.152. The summed E-state index contributed by atoms with van der Waals surface area (Å²) >= 11 is 0. The molecule has 13 heteroatoms. The molecule has 1 aromatic heterocycles. The van der Waals surface area contributed by atoms with Crippen LogP contribution in [0.4, 0.5) is 17.3 Å². The average molecular weight is 485 g/mol. The Hall–Kier alpha value is -3.65. The van der Waals surface area contributed by atoms with Crippen LogP contribution in [0.15, 0.2) is 35.6 Å². The third kappa shape index (κ3) is 5.22. The van der Waals surface area contributed by atoms with E-state index in [2.05, 4.69) is 30.9 Å². The molecule has 1 saturated heterocycles. The summed E-state index contributed by atoms with van der Waals surface area (Å²) in [6, 6.07) is 7.39. The van der Waals surface area contributed by atoms with Crippen LogP contribution in [-0.2, 0) is 27.4 Å². The van der Waals surface area contributed by atoms with E-state index in [0.29, 0.717) is 29.4 Å². The number of benzene rings is 1. The summed E-state index contributed by atoms with van der Waals surface area (Å²) in [5, 5.41) is 29.3. The lowest BCUT2D eigenvalue weighted by Crippen LogP contribution is -2.45. The summed E-state index contributed by atoms with van der Waals surface area (Å²) in [6.45, 7) is 0.974. The van der Waals surface area contributed by atoms with Crippen molar-refractivity contribution in [2.75, 3.05) is 29.1 Å². The molecule has 2 aromatic rings. The molecule has 0 radical (unpaired) electrons. The maximum Gasteiger partial charge on any atom is 0.251 e. The van der Waals surface area contributed by atoms with E-state index in [1.54, 1.807) is 6.07 Å². The Morgan fingerprint density at radius 1 is 1.26 bits per heavy atom. The first kappa shape index (κ1) is 24.5. The highest BCUT2D eigenvalue weighted by Gasteiger charge is 2.49. The molecule has 0 bridgehead atoms. The van der Waals surface area contributed by atoms with Gasteiger partial charge in [0.15, 0.2) is 12.3 Å². The van der Waals surface area contributed by atoms with Crippen LogP contribution in [0.1, 0.15) is 17.5 Å². The monoisotopic (exact) mass is 484 g/mol. The van der Waals surface area contributed by atoms with Gasteiger partial charge in [-0.15, -0.1) is 0 Å². The second kappa shape index (κ2) is 10.7. The molecule has 2 aliphatic heterocycles. The van der Waals surface area contributed by atoms with Crippen molar-refractivity contribution in [3.63, 3.8) is 0 Å². The SMILES string of the molecule is CNC(=O)C1OC(N2C=NCc3c(NCc4cccc(NC(=O)CCN)c4)ncnc32)C(O)C1O. The number of hydrogen-bond acceptors (Lipinski definition) is 11. The standard InChI is InChI=1S/C22H28N8O5/c1-24-21(34)18-16(32)17(33)22(35-18)30-11-25-9-14-19(27-10-28-20(14)30)26-8-12-3-2-4-13(7-12)29-15(31)5-6-23/h2-4,7,10-11,16-18,22,32-33H,5-6,8-9,23H2,1H3,(H,24,34)(H,29,31)(H,26,27,28). The number of amides is 2. The molecule has 7 N–H and O–H groups in total. The van der Waals surface area contributed by atoms with Gasteiger partial charge in [0.05, 0.1) is 18.4 Å². The van der Waals surface area contributed by atoms with Crippen molar-refractivity contribution in [3.8, 4) is 0 Å². The first-order valence-electron chi connectivity index (χ1n) is 11.1. The van der Waals surface area contributed by atoms with E-state index in [4.69, 9.17) is 10.5 Å². The summed E-state index contributed by atoms with van der Waals surface area (Å²) < 4.78 is 5.67. The zero-order valence-electron chi connectivity index (χ0n) is 19.1. The average Bonchev–Trinajstić information content (AvgIpc) is 3.16. The fraction of sp³-hybridized carbons (Fsp3) is 0.409. The number of hydrogen-bond donors (Lipinski definition) is 6. The Labute approximate surface area is 201 Å². The number of aliphatic hydroxyl groups excluding tert-OH is 2. The van der Waals surface area contributed by atoms with Crippen LogP contribution in [0.2, 0.25) is 0 Å². The molecule has 0 spiro atoms. The van der Waals surface area contributed by atoms with Crippen LogP contribution >= 0.6 is 0 Å². The fourth-order valence-electron chi connectivity index (χ4n) is 3.93. The van der Waals surface area contributed by atoms with Gasteiger partial charge in [-0.2, -0.15) is 0 Å². The van der Waals surface area contributed by atoms with Crippen LogP contribution in [0.25, 0.3) is 0 Å². The molecule has 0 aliphatic carbocycles. The predicted molar refractivity (Wildman–Crippen MR) is 128 cm³/mol. The molecule has 1 aromatic carbocycles. The van der Waals surface area contributed by atoms with Gasteiger partial charge in [-0.3, -0.25) is 19.5 Å². The molecule has 4 atom stereocenters. The van der Waals surface area contributed by atoms with Crippen molar-refractivity contribution >= 4 is 35.5 Å². The molecule has 4 unspecified atom stereocenters. The van der Waals surface area contributed by atoms with E-state index < -0.39 is 30.4 Å². The first-order chi connectivity index (χ1) is 16.9. The number of aliphatic imine (C=N–C) groups is 1. The topological polar surface area (TPSA) is 187 Å². The Kier molecular flexibility index (Phi) is 7.51. The lowest BCUT2D eigenvalue weighted by atomic mass is 10.1. The van der Waals surface area contributed by atoms with Crippen LogP contribution in [0.5, 0.6) is 0 Å². The fourth-order valence-corrected chi connectivity index (χ4v) is 3.93. The van der Waals surface area contributed by atoms with Gasteiger partial charge in [-0.1, -0.05) is 12.1 Å². The van der Waals surface area contributed by atoms with Crippen LogP contribution in [-0.4, -0.2) is 76.5 Å². The number of fused-ring (bicyclic) bond motifs is 1. The lowest BCUT2D eigenvalue weighted by Gasteiger charge is -2.31. The molecule has 3 heterocycles. The predicted octanol–water partition coefficient (Wildman–Crippen LogP) is -1.08. The van der Waals surface area contributed by atoms with E-state index in [1.165, 1.54) is 24.6 Å². The number of aromatic nitrogens is 2. The van der Waals surface area contributed by atoms with E-state index in [1.807, 2.05) is 18.2 Å². The summed E-state index contributed by atoms with van der Waals surface area (Å²) in [5.41, 5.74) is 7.66. The van der Waals surface area contributed by atoms with Crippen molar-refractivity contribution < 1.29 is 24.5 Å². The summed E-state index contributed by atoms with van der Waals surface area (Å²) in [4.78, 5) is 38.3. The Bertz CT molecular complexity index is 1110. The van der Waals surface area contributed by atoms with E-state index in [9.17, 15) is 19.8 Å². The minimum Gasteiger partial charge on any atom is -0.387 e. The molecular formula is C22H28N8O5. The maximum absolute atomic E-state index is 12.0. The Morgan fingerprint density at radius 3 is 2.86 bits per heavy atom. The number of nitrogens with one attached hydrogen (secondary N) is 3. The van der Waals surface area contributed by atoms with Gasteiger partial charge in [0.1, 0.15) is 30.2 Å². The number of nitrogens with zero attached hydrogens (tertiary/aromatic N) is 4. The van der Waals surface area contributed by atoms with Crippen LogP contribution < -0.4 is 26.6 Å². The lowest BCUT2D eigenvalue weighted by molar-refractivity contribution is -0.135. The third-order valence-corrected chi connectivity index (χ3v) is 5.68. The largest absolute Gasteiger partial charge is 0.387 e. The summed E-state index contributed by atoms with van der Waals surface area (Å²) in [5.74, 6) is 0.277. The molecule has 0 saturated carbocycles. The van der Waals surface area contributed by atoms with E-state index in [-0.39, 0.29) is 25.4 Å². The van der Waals surface area contributed by atoms with Gasteiger partial charge in [0.2, 0.25) is 5.91 Å². The van der Waals surface area contributed by atoms with E-state index >= 15 is 0 Å². The molecule has 2 amide bonds. The van der Waals surface area contributed by atoms with Crippen molar-refractivity contribution in [1.29, 1.82) is 0 Å². The third-order valence-electron chi connectivity index (χ3n) is 5.68. The zero-order valence-corrected chi connectivity index (χ0v) is 19.1. The Morgan fingerprint density at radius 2 is 2.09 bits per heavy atom. The maximum atomic E-state index is 12.0. The van der Waals surface area contributed by atoms with Gasteiger partial charge in [-0.25, -0.2) is 9.97 Å². The number of ether oxygens (including phenoxy) is 1. The zero-order chi connectivity index (χ0) is 24.9. The van der Waals surface area contributed by atoms with Crippen LogP contribution in [0, 0.1) is 0 Å². The van der Waals surface area contributed by atoms with E-state index in [0.717, 1.165) is 5.56 Å². The number of rotatable bonds is 8. The second-order valence-corrected chi connectivity index (χ2v) is 8.07. The first-order valence-corrected chi connectivity index (χ1v) is 11.1. The highest BCUT2D eigenvalue weighted by Crippen LogP contribution is 2.33. The minimum atomic E-state index is -1.41. The number of likely N-dealkylation sites (N-methyl/N-ethyl adjacent to an activating group) is 1. The van der Waals surface area contributed by atoms with Gasteiger partial charge in [0, 0.05) is 32.2 Å². The summed E-state index contributed by atoms with van der Waals surface area (Å²) in [6.07, 6.45) is -1.99. The second-order valence-electron chi connectivity index (χ2n) is 8.07. The summed E-state index contributed by atoms with van der Waals surface area (Å²) in [7, 11) is 1.42. The van der Waals surface area contributed by atoms with Crippen molar-refractivity contribution in [1.82, 2.24) is 15.3 Å². The molecule has 4 rings (SSSR count). The molecule has 186 valence electrons. The number of aliphatic hydroxyl groups is 2. The molecular weight excluding hydrogens is 456 g/mol. The molecule has 1 fully saturated rings. The van der Waals surface area contributed by atoms with Crippen molar-refractivity contribution in [2.45, 2.75) is 44.1 Å². The van der Waals surface area contributed by atoms with Crippen molar-refractivity contribution in [2.24, 2.45) is 10.7 Å². The highest BCUT2D eigenvalue weighted by molar-refractivity contribution is 5.91.